The number of esters is 1. The number of carbonyl (C=O) groups excluding carboxylic acids is 1. The molecule has 0 unspecified atom stereocenters. The number of hydrogen-bond donors (Lipinski definition) is 2. The van der Waals surface area contributed by atoms with Crippen molar-refractivity contribution >= 4 is 35.9 Å². The first-order valence-electron chi connectivity index (χ1n) is 9.50. The molecule has 1 fully saturated rings. The molecule has 1 aliphatic carbocycles. The minimum Gasteiger partial charge on any atom is -0.466 e. The summed E-state index contributed by atoms with van der Waals surface area (Å²) in [4.78, 5) is 16.1. The summed E-state index contributed by atoms with van der Waals surface area (Å²) in [6, 6.07) is 7.05. The van der Waals surface area contributed by atoms with E-state index >= 15 is 0 Å². The van der Waals surface area contributed by atoms with Crippen LogP contribution in [0.15, 0.2) is 29.3 Å². The zero-order valence-corrected chi connectivity index (χ0v) is 18.5. The second-order valence-electron chi connectivity index (χ2n) is 6.68. The molecule has 1 saturated carbocycles. The topological polar surface area (TPSA) is 62.7 Å². The molecule has 0 heterocycles. The van der Waals surface area contributed by atoms with Gasteiger partial charge in [0.2, 0.25) is 0 Å². The molecule has 0 spiro atoms. The Kier molecular flexibility index (Phi) is 11.3. The Morgan fingerprint density at radius 3 is 2.67 bits per heavy atom. The molecule has 1 aromatic rings. The van der Waals surface area contributed by atoms with Gasteiger partial charge in [-0.1, -0.05) is 12.1 Å². The van der Waals surface area contributed by atoms with Crippen LogP contribution in [0.25, 0.3) is 0 Å². The summed E-state index contributed by atoms with van der Waals surface area (Å²) in [7, 11) is 1.76. The Balaban J connectivity index is 0.00000364. The predicted octanol–water partition coefficient (Wildman–Crippen LogP) is 3.66. The van der Waals surface area contributed by atoms with E-state index in [1.54, 1.807) is 19.2 Å². The molecule has 5 nitrogen and oxygen atoms in total. The smallest absolute Gasteiger partial charge is 0.308 e. The molecule has 0 bridgehead atoms. The van der Waals surface area contributed by atoms with Crippen LogP contribution in [0, 0.1) is 11.7 Å². The van der Waals surface area contributed by atoms with Gasteiger partial charge in [-0.25, -0.2) is 4.39 Å². The van der Waals surface area contributed by atoms with Gasteiger partial charge >= 0.3 is 5.97 Å². The van der Waals surface area contributed by atoms with Crippen LogP contribution >= 0.6 is 24.0 Å². The summed E-state index contributed by atoms with van der Waals surface area (Å²) in [5.74, 6) is 0.565. The van der Waals surface area contributed by atoms with E-state index in [0.29, 0.717) is 12.6 Å². The van der Waals surface area contributed by atoms with E-state index in [4.69, 9.17) is 4.74 Å². The Morgan fingerprint density at radius 2 is 2.04 bits per heavy atom. The molecule has 0 aromatic heterocycles. The van der Waals surface area contributed by atoms with Gasteiger partial charge in [-0.15, -0.1) is 24.0 Å². The van der Waals surface area contributed by atoms with Crippen molar-refractivity contribution in [3.05, 3.63) is 35.6 Å². The van der Waals surface area contributed by atoms with Gasteiger partial charge < -0.3 is 15.4 Å². The second-order valence-corrected chi connectivity index (χ2v) is 6.68. The summed E-state index contributed by atoms with van der Waals surface area (Å²) in [6.45, 7) is 3.06. The number of carbonyl (C=O) groups is 1. The van der Waals surface area contributed by atoms with Gasteiger partial charge in [-0.2, -0.15) is 0 Å². The van der Waals surface area contributed by atoms with Crippen molar-refractivity contribution in [3.8, 4) is 0 Å². The summed E-state index contributed by atoms with van der Waals surface area (Å²) < 4.78 is 18.3. The van der Waals surface area contributed by atoms with Crippen molar-refractivity contribution in [2.24, 2.45) is 10.9 Å². The fraction of sp³-hybridized carbons (Fsp3) is 0.600. The number of halogens is 2. The van der Waals surface area contributed by atoms with Crippen LogP contribution in [0.4, 0.5) is 4.39 Å². The third-order valence-corrected chi connectivity index (χ3v) is 4.74. The second kappa shape index (κ2) is 12.9. The van der Waals surface area contributed by atoms with E-state index in [1.165, 1.54) is 6.07 Å². The van der Waals surface area contributed by atoms with Crippen LogP contribution in [0.3, 0.4) is 0 Å². The lowest BCUT2D eigenvalue weighted by Crippen LogP contribution is -2.45. The van der Waals surface area contributed by atoms with Gasteiger partial charge in [-0.05, 0) is 63.1 Å². The van der Waals surface area contributed by atoms with Crippen molar-refractivity contribution in [2.45, 2.75) is 51.5 Å². The largest absolute Gasteiger partial charge is 0.466 e. The summed E-state index contributed by atoms with van der Waals surface area (Å²) in [6.07, 6.45) is 5.31. The maximum Gasteiger partial charge on any atom is 0.308 e. The Labute approximate surface area is 178 Å². The molecular weight excluding hydrogens is 460 g/mol. The lowest BCUT2D eigenvalue weighted by atomic mass is 9.86. The number of rotatable bonds is 7. The van der Waals surface area contributed by atoms with E-state index in [1.807, 2.05) is 13.0 Å². The van der Waals surface area contributed by atoms with Crippen molar-refractivity contribution < 1.29 is 13.9 Å². The number of guanidine groups is 1. The lowest BCUT2D eigenvalue weighted by molar-refractivity contribution is -0.149. The first kappa shape index (κ1) is 23.7. The average Bonchev–Trinajstić information content (AvgIpc) is 2.65. The third-order valence-electron chi connectivity index (χ3n) is 4.74. The number of nitrogens with zero attached hydrogens (tertiary/aromatic N) is 1. The lowest BCUT2D eigenvalue weighted by Gasteiger charge is -2.29. The maximum atomic E-state index is 13.2. The molecule has 1 aromatic carbocycles. The van der Waals surface area contributed by atoms with E-state index in [2.05, 4.69) is 15.6 Å². The fourth-order valence-corrected chi connectivity index (χ4v) is 3.31. The standard InChI is InChI=1S/C20H30FN3O2.HI/c1-3-26-19(25)16-9-11-18(12-10-16)24-20(22-2)23-13-5-7-15-6-4-8-17(21)14-15;/h4,6,8,14,16,18H,3,5,7,9-13H2,1-2H3,(H2,22,23,24);1H. The van der Waals surface area contributed by atoms with Gasteiger partial charge in [0.15, 0.2) is 5.96 Å². The van der Waals surface area contributed by atoms with Crippen LogP contribution in [0.1, 0.15) is 44.6 Å². The number of hydrogen-bond acceptors (Lipinski definition) is 3. The molecule has 7 heteroatoms. The molecule has 0 amide bonds. The molecular formula is C20H31FIN3O2. The Hall–Kier alpha value is -1.38. The molecule has 27 heavy (non-hydrogen) atoms. The molecule has 1 aliphatic rings. The number of ether oxygens (including phenoxy) is 1. The molecule has 2 rings (SSSR count). The first-order chi connectivity index (χ1) is 12.6. The Bertz CT molecular complexity index is 605. The first-order valence-corrected chi connectivity index (χ1v) is 9.50. The molecule has 152 valence electrons. The number of nitrogens with one attached hydrogen (secondary N) is 2. The van der Waals surface area contributed by atoms with Crippen molar-refractivity contribution in [1.29, 1.82) is 0 Å². The van der Waals surface area contributed by atoms with E-state index in [0.717, 1.165) is 56.6 Å². The summed E-state index contributed by atoms with van der Waals surface area (Å²) in [5, 5.41) is 6.74. The van der Waals surface area contributed by atoms with Crippen LogP contribution < -0.4 is 10.6 Å². The maximum absolute atomic E-state index is 13.2. The quantitative estimate of drug-likeness (QED) is 0.201. The third kappa shape index (κ3) is 8.45. The number of aliphatic imine (C=N–C) groups is 1. The zero-order valence-electron chi connectivity index (χ0n) is 16.2. The normalized spacial score (nSPS) is 19.7. The fourth-order valence-electron chi connectivity index (χ4n) is 3.31. The summed E-state index contributed by atoms with van der Waals surface area (Å²) in [5.41, 5.74) is 1.01. The molecule has 0 saturated heterocycles. The van der Waals surface area contributed by atoms with Gasteiger partial charge in [0.25, 0.3) is 0 Å². The molecule has 0 radical (unpaired) electrons. The average molecular weight is 491 g/mol. The van der Waals surface area contributed by atoms with E-state index in [9.17, 15) is 9.18 Å². The summed E-state index contributed by atoms with van der Waals surface area (Å²) >= 11 is 0. The van der Waals surface area contributed by atoms with Gasteiger partial charge in [-0.3, -0.25) is 9.79 Å². The highest BCUT2D eigenvalue weighted by Gasteiger charge is 2.27. The minimum absolute atomic E-state index is 0. The van der Waals surface area contributed by atoms with Crippen LogP contribution in [-0.2, 0) is 16.0 Å². The highest BCUT2D eigenvalue weighted by atomic mass is 127. The Morgan fingerprint density at radius 1 is 1.30 bits per heavy atom. The minimum atomic E-state index is -0.189. The van der Waals surface area contributed by atoms with Crippen molar-refractivity contribution in [3.63, 3.8) is 0 Å². The molecule has 0 aliphatic heterocycles. The molecule has 2 N–H and O–H groups in total. The number of aryl methyl sites for hydroxylation is 1. The highest BCUT2D eigenvalue weighted by Crippen LogP contribution is 2.25. The number of benzene rings is 1. The monoisotopic (exact) mass is 491 g/mol. The van der Waals surface area contributed by atoms with Gasteiger partial charge in [0, 0.05) is 19.6 Å². The van der Waals surface area contributed by atoms with Crippen LogP contribution in [0.2, 0.25) is 0 Å². The van der Waals surface area contributed by atoms with Crippen LogP contribution in [0.5, 0.6) is 0 Å². The van der Waals surface area contributed by atoms with E-state index < -0.39 is 0 Å². The molecule has 0 atom stereocenters. The van der Waals surface area contributed by atoms with Gasteiger partial charge in [0.05, 0.1) is 12.5 Å². The highest BCUT2D eigenvalue weighted by molar-refractivity contribution is 14.0. The van der Waals surface area contributed by atoms with Crippen LogP contribution in [-0.4, -0.2) is 38.2 Å². The van der Waals surface area contributed by atoms with Crippen molar-refractivity contribution in [1.82, 2.24) is 10.6 Å². The SMILES string of the molecule is CCOC(=O)C1CCC(NC(=NC)NCCCc2cccc(F)c2)CC1.I. The zero-order chi connectivity index (χ0) is 18.8. The predicted molar refractivity (Wildman–Crippen MR) is 117 cm³/mol. The van der Waals surface area contributed by atoms with E-state index in [-0.39, 0.29) is 41.7 Å². The van der Waals surface area contributed by atoms with Crippen molar-refractivity contribution in [2.75, 3.05) is 20.2 Å². The van der Waals surface area contributed by atoms with Gasteiger partial charge in [0.1, 0.15) is 5.82 Å².